The molecule has 1 saturated carbocycles. The van der Waals surface area contributed by atoms with E-state index < -0.39 is 0 Å². The number of rotatable bonds is 3. The molecule has 2 aromatic carbocycles. The molecule has 0 saturated heterocycles. The summed E-state index contributed by atoms with van der Waals surface area (Å²) in [5.74, 6) is 1.37. The zero-order valence-corrected chi connectivity index (χ0v) is 12.6. The molecule has 0 heterocycles. The fraction of sp³-hybridized carbons (Fsp3) is 0.368. The third-order valence-electron chi connectivity index (χ3n) is 4.41. The fourth-order valence-electron chi connectivity index (χ4n) is 3.25. The van der Waals surface area contributed by atoms with Crippen LogP contribution < -0.4 is 0 Å². The summed E-state index contributed by atoms with van der Waals surface area (Å²) in [5, 5.41) is 2.61. The van der Waals surface area contributed by atoms with Gasteiger partial charge in [-0.15, -0.1) is 11.6 Å². The van der Waals surface area contributed by atoms with Gasteiger partial charge in [0.05, 0.1) is 0 Å². The monoisotopic (exact) mass is 284 g/mol. The van der Waals surface area contributed by atoms with E-state index in [0.29, 0.717) is 11.8 Å². The van der Waals surface area contributed by atoms with Crippen LogP contribution in [0.5, 0.6) is 0 Å². The summed E-state index contributed by atoms with van der Waals surface area (Å²) in [6, 6.07) is 15.2. The molecule has 0 bridgehead atoms. The first-order valence-corrected chi connectivity index (χ1v) is 8.15. The minimum absolute atomic E-state index is 0.664. The topological polar surface area (TPSA) is 0 Å². The Morgan fingerprint density at radius 1 is 1.00 bits per heavy atom. The lowest BCUT2D eigenvalue weighted by molar-refractivity contribution is 0.405. The molecular formula is C19H21Cl. The number of halogens is 1. The minimum Gasteiger partial charge on any atom is -0.122 e. The Labute approximate surface area is 126 Å². The summed E-state index contributed by atoms with van der Waals surface area (Å²) in [6.07, 6.45) is 9.04. The molecule has 1 heteroatoms. The van der Waals surface area contributed by atoms with Gasteiger partial charge in [0.2, 0.25) is 0 Å². The molecule has 0 aromatic heterocycles. The first-order chi connectivity index (χ1) is 9.86. The molecule has 0 radical (unpaired) electrons. The molecule has 0 aliphatic heterocycles. The minimum atomic E-state index is 0.664. The predicted molar refractivity (Wildman–Crippen MR) is 89.2 cm³/mol. The molecule has 0 amide bonds. The van der Waals surface area contributed by atoms with Crippen LogP contribution in [-0.4, -0.2) is 5.88 Å². The zero-order valence-electron chi connectivity index (χ0n) is 11.8. The quantitative estimate of drug-likeness (QED) is 0.603. The maximum atomic E-state index is 6.20. The van der Waals surface area contributed by atoms with Gasteiger partial charge in [-0.05, 0) is 41.2 Å². The van der Waals surface area contributed by atoms with Crippen molar-refractivity contribution in [1.82, 2.24) is 0 Å². The molecule has 0 spiro atoms. The third kappa shape index (κ3) is 3.07. The van der Waals surface area contributed by atoms with Crippen molar-refractivity contribution in [3.05, 3.63) is 53.6 Å². The van der Waals surface area contributed by atoms with E-state index in [1.54, 1.807) is 0 Å². The van der Waals surface area contributed by atoms with Crippen LogP contribution in [0.4, 0.5) is 0 Å². The summed E-state index contributed by atoms with van der Waals surface area (Å²) in [5.41, 5.74) is 2.70. The van der Waals surface area contributed by atoms with E-state index in [0.717, 1.165) is 0 Å². The van der Waals surface area contributed by atoms with Crippen molar-refractivity contribution in [2.45, 2.75) is 32.1 Å². The molecule has 104 valence electrons. The highest BCUT2D eigenvalue weighted by atomic mass is 35.5. The van der Waals surface area contributed by atoms with E-state index in [1.807, 2.05) is 0 Å². The van der Waals surface area contributed by atoms with Crippen molar-refractivity contribution < 1.29 is 0 Å². The van der Waals surface area contributed by atoms with Crippen molar-refractivity contribution in [2.75, 3.05) is 5.88 Å². The van der Waals surface area contributed by atoms with E-state index in [4.69, 9.17) is 11.6 Å². The molecule has 1 fully saturated rings. The van der Waals surface area contributed by atoms with E-state index in [9.17, 15) is 0 Å². The number of hydrogen-bond acceptors (Lipinski definition) is 0. The standard InChI is InChI=1S/C19H21Cl/c20-14-19(16-6-2-1-3-7-16)13-15-10-11-17-8-4-5-9-18(17)12-15/h4-5,8-13,16H,1-3,6-7,14H2/b19-13-. The SMILES string of the molecule is ClC/C(=C/c1ccc2ccccc2c1)C1CCCCC1. The average molecular weight is 285 g/mol. The maximum absolute atomic E-state index is 6.20. The second kappa shape index (κ2) is 6.45. The number of fused-ring (bicyclic) bond motifs is 1. The highest BCUT2D eigenvalue weighted by Crippen LogP contribution is 2.31. The Balaban J connectivity index is 1.90. The zero-order chi connectivity index (χ0) is 13.8. The van der Waals surface area contributed by atoms with Crippen molar-refractivity contribution in [3.63, 3.8) is 0 Å². The normalized spacial score (nSPS) is 17.6. The second-order valence-corrected chi connectivity index (χ2v) is 6.06. The summed E-state index contributed by atoms with van der Waals surface area (Å²) >= 11 is 6.20. The highest BCUT2D eigenvalue weighted by Gasteiger charge is 2.17. The Kier molecular flexibility index (Phi) is 4.42. The first kappa shape index (κ1) is 13.7. The van der Waals surface area contributed by atoms with Gasteiger partial charge in [-0.1, -0.05) is 67.3 Å². The van der Waals surface area contributed by atoms with Crippen LogP contribution in [0, 0.1) is 5.92 Å². The Morgan fingerprint density at radius 3 is 2.50 bits per heavy atom. The van der Waals surface area contributed by atoms with Crippen LogP contribution in [0.1, 0.15) is 37.7 Å². The van der Waals surface area contributed by atoms with Crippen molar-refractivity contribution >= 4 is 28.4 Å². The molecular weight excluding hydrogens is 264 g/mol. The lowest BCUT2D eigenvalue weighted by Crippen LogP contribution is -2.10. The molecule has 0 unspecified atom stereocenters. The highest BCUT2D eigenvalue weighted by molar-refractivity contribution is 6.19. The van der Waals surface area contributed by atoms with Gasteiger partial charge in [0.1, 0.15) is 0 Å². The van der Waals surface area contributed by atoms with Crippen molar-refractivity contribution in [2.24, 2.45) is 5.92 Å². The molecule has 0 atom stereocenters. The van der Waals surface area contributed by atoms with E-state index in [2.05, 4.69) is 48.5 Å². The fourth-order valence-corrected chi connectivity index (χ4v) is 3.55. The molecule has 1 aliphatic carbocycles. The summed E-state index contributed by atoms with van der Waals surface area (Å²) in [6.45, 7) is 0. The number of allylic oxidation sites excluding steroid dienone is 1. The van der Waals surface area contributed by atoms with Gasteiger partial charge in [0.25, 0.3) is 0 Å². The van der Waals surface area contributed by atoms with Gasteiger partial charge < -0.3 is 0 Å². The second-order valence-electron chi connectivity index (χ2n) is 5.79. The summed E-state index contributed by atoms with van der Waals surface area (Å²) < 4.78 is 0. The van der Waals surface area contributed by atoms with Gasteiger partial charge in [0, 0.05) is 5.88 Å². The molecule has 3 rings (SSSR count). The molecule has 0 nitrogen and oxygen atoms in total. The summed E-state index contributed by atoms with van der Waals surface area (Å²) in [4.78, 5) is 0. The molecule has 0 N–H and O–H groups in total. The Bertz CT molecular complexity index is 606. The van der Waals surface area contributed by atoms with Crippen LogP contribution >= 0.6 is 11.6 Å². The smallest absolute Gasteiger partial charge is 0.0439 e. The lowest BCUT2D eigenvalue weighted by Gasteiger charge is -2.23. The van der Waals surface area contributed by atoms with Crippen LogP contribution in [-0.2, 0) is 0 Å². The van der Waals surface area contributed by atoms with E-state index in [1.165, 1.54) is 54.0 Å². The largest absolute Gasteiger partial charge is 0.122 e. The molecule has 20 heavy (non-hydrogen) atoms. The van der Waals surface area contributed by atoms with Gasteiger partial charge in [-0.3, -0.25) is 0 Å². The molecule has 2 aromatic rings. The van der Waals surface area contributed by atoms with E-state index >= 15 is 0 Å². The first-order valence-electron chi connectivity index (χ1n) is 7.62. The Hall–Kier alpha value is -1.27. The van der Waals surface area contributed by atoms with Crippen LogP contribution in [0.25, 0.3) is 16.8 Å². The van der Waals surface area contributed by atoms with Crippen molar-refractivity contribution in [1.29, 1.82) is 0 Å². The lowest BCUT2D eigenvalue weighted by atomic mass is 9.83. The van der Waals surface area contributed by atoms with Crippen molar-refractivity contribution in [3.8, 4) is 0 Å². The summed E-state index contributed by atoms with van der Waals surface area (Å²) in [7, 11) is 0. The maximum Gasteiger partial charge on any atom is 0.0439 e. The Morgan fingerprint density at radius 2 is 1.75 bits per heavy atom. The average Bonchev–Trinajstić information content (AvgIpc) is 2.53. The van der Waals surface area contributed by atoms with Gasteiger partial charge in [0.15, 0.2) is 0 Å². The number of hydrogen-bond donors (Lipinski definition) is 0. The van der Waals surface area contributed by atoms with Gasteiger partial charge in [-0.2, -0.15) is 0 Å². The number of benzene rings is 2. The third-order valence-corrected chi connectivity index (χ3v) is 4.72. The van der Waals surface area contributed by atoms with E-state index in [-0.39, 0.29) is 0 Å². The predicted octanol–water partition coefficient (Wildman–Crippen LogP) is 6.04. The number of alkyl halides is 1. The van der Waals surface area contributed by atoms with Gasteiger partial charge in [-0.25, -0.2) is 0 Å². The van der Waals surface area contributed by atoms with Crippen LogP contribution in [0.15, 0.2) is 48.0 Å². The van der Waals surface area contributed by atoms with Crippen LogP contribution in [0.2, 0.25) is 0 Å². The van der Waals surface area contributed by atoms with Gasteiger partial charge >= 0.3 is 0 Å². The van der Waals surface area contributed by atoms with Crippen LogP contribution in [0.3, 0.4) is 0 Å². The molecule has 1 aliphatic rings.